The van der Waals surface area contributed by atoms with E-state index >= 15 is 0 Å². The van der Waals surface area contributed by atoms with Crippen molar-refractivity contribution in [1.29, 1.82) is 0 Å². The summed E-state index contributed by atoms with van der Waals surface area (Å²) in [6.45, 7) is 5.22. The molecule has 0 spiro atoms. The Kier molecular flexibility index (Phi) is 6.92. The Morgan fingerprint density at radius 1 is 1.36 bits per heavy atom. The molecular weight excluding hydrogens is 374 g/mol. The van der Waals surface area contributed by atoms with Gasteiger partial charge in [0.1, 0.15) is 6.29 Å². The third-order valence-corrected chi connectivity index (χ3v) is 6.10. The van der Waals surface area contributed by atoms with E-state index in [0.717, 1.165) is 50.1 Å². The molecule has 1 unspecified atom stereocenters. The van der Waals surface area contributed by atoms with E-state index in [1.54, 1.807) is 12.3 Å². The molecule has 6 heteroatoms. The maximum absolute atomic E-state index is 12.9. The van der Waals surface area contributed by atoms with Crippen LogP contribution in [0.25, 0.3) is 0 Å². The molecule has 2 bridgehead atoms. The third kappa shape index (κ3) is 4.83. The highest BCUT2D eigenvalue weighted by Gasteiger charge is 2.35. The van der Waals surface area contributed by atoms with Gasteiger partial charge in [-0.15, -0.1) is 0 Å². The Morgan fingerprint density at radius 2 is 2.11 bits per heavy atom. The third-order valence-electron chi connectivity index (χ3n) is 5.75. The van der Waals surface area contributed by atoms with Crippen LogP contribution in [-0.4, -0.2) is 49.8 Å². The van der Waals surface area contributed by atoms with Gasteiger partial charge in [0.05, 0.1) is 5.57 Å². The summed E-state index contributed by atoms with van der Waals surface area (Å²) < 4.78 is 0. The molecule has 0 saturated carbocycles. The van der Waals surface area contributed by atoms with Crippen LogP contribution in [0.15, 0.2) is 42.1 Å². The van der Waals surface area contributed by atoms with E-state index < -0.39 is 0 Å². The Bertz CT molecular complexity index is 782. The van der Waals surface area contributed by atoms with Gasteiger partial charge in [-0.3, -0.25) is 9.59 Å². The Hall–Kier alpha value is -2.11. The first kappa shape index (κ1) is 20.6. The largest absolute Gasteiger partial charge is 0.350 e. The van der Waals surface area contributed by atoms with Crippen molar-refractivity contribution >= 4 is 29.5 Å². The number of halogens is 1. The van der Waals surface area contributed by atoms with Gasteiger partial charge in [-0.1, -0.05) is 24.6 Å². The highest BCUT2D eigenvalue weighted by atomic mass is 35.5. The van der Waals surface area contributed by atoms with Gasteiger partial charge in [-0.05, 0) is 68.1 Å². The van der Waals surface area contributed by atoms with Crippen molar-refractivity contribution < 1.29 is 9.59 Å². The molecule has 1 atom stereocenters. The second kappa shape index (κ2) is 9.39. The number of rotatable bonds is 7. The summed E-state index contributed by atoms with van der Waals surface area (Å²) in [7, 11) is 1.87. The fourth-order valence-corrected chi connectivity index (χ4v) is 4.33. The van der Waals surface area contributed by atoms with Gasteiger partial charge in [-0.2, -0.15) is 0 Å². The smallest absolute Gasteiger partial charge is 0.253 e. The molecule has 3 heterocycles. The number of fused-ring (bicyclic) bond motifs is 3. The topological polar surface area (TPSA) is 52.7 Å². The fraction of sp³-hybridized carbons (Fsp3) is 0.455. The molecule has 0 aliphatic carbocycles. The average molecular weight is 402 g/mol. The van der Waals surface area contributed by atoms with Crippen molar-refractivity contribution in [1.82, 2.24) is 10.2 Å². The van der Waals surface area contributed by atoms with E-state index in [1.807, 2.05) is 30.1 Å². The lowest BCUT2D eigenvalue weighted by Crippen LogP contribution is -2.57. The first-order valence-corrected chi connectivity index (χ1v) is 10.3. The minimum Gasteiger partial charge on any atom is -0.350 e. The van der Waals surface area contributed by atoms with Crippen LogP contribution in [0.1, 0.15) is 25.3 Å². The van der Waals surface area contributed by atoms with Crippen LogP contribution in [0, 0.1) is 5.92 Å². The second-order valence-corrected chi connectivity index (χ2v) is 7.95. The standard InChI is InChI=1S/C22H28ClN3O2/c1-3-16-6-7-19(13-20(16)23)25(2)14-18(5-4-12-27)22(28)24-21-15-26-10-8-17(21)9-11-26/h4-7,12-14,17,21H,3,8-11,15H2,1-2H3,(H,24,28)/b5-4-,18-14+. The number of hydrogen-bond donors (Lipinski definition) is 1. The van der Waals surface area contributed by atoms with E-state index in [0.29, 0.717) is 22.8 Å². The van der Waals surface area contributed by atoms with Crippen LogP contribution in [0.2, 0.25) is 5.02 Å². The van der Waals surface area contributed by atoms with E-state index in [-0.39, 0.29) is 11.9 Å². The van der Waals surface area contributed by atoms with Crippen molar-refractivity contribution in [3.8, 4) is 0 Å². The number of nitrogens with one attached hydrogen (secondary N) is 1. The monoisotopic (exact) mass is 401 g/mol. The van der Waals surface area contributed by atoms with Crippen molar-refractivity contribution in [3.63, 3.8) is 0 Å². The molecule has 4 rings (SSSR count). The predicted octanol–water partition coefficient (Wildman–Crippen LogP) is 3.19. The molecule has 0 aromatic heterocycles. The molecule has 1 aromatic rings. The van der Waals surface area contributed by atoms with Gasteiger partial charge in [0.25, 0.3) is 5.91 Å². The van der Waals surface area contributed by atoms with Gasteiger partial charge >= 0.3 is 0 Å². The minimum absolute atomic E-state index is 0.153. The first-order valence-electron chi connectivity index (χ1n) is 9.90. The summed E-state index contributed by atoms with van der Waals surface area (Å²) >= 11 is 6.33. The quantitative estimate of drug-likeness (QED) is 0.433. The van der Waals surface area contributed by atoms with Crippen molar-refractivity contribution in [3.05, 3.63) is 52.7 Å². The Morgan fingerprint density at radius 3 is 2.68 bits per heavy atom. The molecular formula is C22H28ClN3O2. The van der Waals surface area contributed by atoms with Crippen LogP contribution in [0.5, 0.6) is 0 Å². The summed E-state index contributed by atoms with van der Waals surface area (Å²) in [6, 6.07) is 6.04. The van der Waals surface area contributed by atoms with E-state index in [9.17, 15) is 9.59 Å². The maximum Gasteiger partial charge on any atom is 0.253 e. The maximum atomic E-state index is 12.9. The van der Waals surface area contributed by atoms with Gasteiger partial charge in [0.15, 0.2) is 0 Å². The van der Waals surface area contributed by atoms with Crippen LogP contribution in [-0.2, 0) is 16.0 Å². The van der Waals surface area contributed by atoms with Gasteiger partial charge in [0.2, 0.25) is 0 Å². The summed E-state index contributed by atoms with van der Waals surface area (Å²) in [5, 5.41) is 3.89. The number of benzene rings is 1. The second-order valence-electron chi connectivity index (χ2n) is 7.54. The number of carbonyl (C=O) groups excluding carboxylic acids is 2. The van der Waals surface area contributed by atoms with Crippen LogP contribution >= 0.6 is 11.6 Å². The summed E-state index contributed by atoms with van der Waals surface area (Å²) in [6.07, 6.45) is 8.47. The highest BCUT2D eigenvalue weighted by molar-refractivity contribution is 6.31. The van der Waals surface area contributed by atoms with Crippen LogP contribution in [0.4, 0.5) is 5.69 Å². The predicted molar refractivity (Wildman–Crippen MR) is 114 cm³/mol. The van der Waals surface area contributed by atoms with E-state index in [2.05, 4.69) is 17.1 Å². The number of aldehydes is 1. The SMILES string of the molecule is CCc1ccc(N(C)/C=C(\C=C/C=O)C(=O)NC2CN3CCC2CC3)cc1Cl. The highest BCUT2D eigenvalue weighted by Crippen LogP contribution is 2.28. The van der Waals surface area contributed by atoms with Crippen molar-refractivity contribution in [2.24, 2.45) is 5.92 Å². The zero-order valence-corrected chi connectivity index (χ0v) is 17.3. The number of amides is 1. The molecule has 150 valence electrons. The normalized spacial score (nSPS) is 24.4. The number of carbonyl (C=O) groups is 2. The number of piperidine rings is 3. The molecule has 3 aliphatic heterocycles. The molecule has 5 nitrogen and oxygen atoms in total. The zero-order valence-electron chi connectivity index (χ0n) is 16.5. The molecule has 28 heavy (non-hydrogen) atoms. The molecule has 1 amide bonds. The first-order chi connectivity index (χ1) is 13.5. The molecule has 3 aliphatic rings. The molecule has 1 N–H and O–H groups in total. The summed E-state index contributed by atoms with van der Waals surface area (Å²) in [5.74, 6) is 0.392. The fourth-order valence-electron chi connectivity index (χ4n) is 4.03. The molecule has 1 aromatic carbocycles. The Balaban J connectivity index is 1.76. The average Bonchev–Trinajstić information content (AvgIpc) is 2.71. The zero-order chi connectivity index (χ0) is 20.1. The van der Waals surface area contributed by atoms with Crippen LogP contribution in [0.3, 0.4) is 0 Å². The summed E-state index contributed by atoms with van der Waals surface area (Å²) in [4.78, 5) is 28.0. The summed E-state index contributed by atoms with van der Waals surface area (Å²) in [5.41, 5.74) is 2.42. The van der Waals surface area contributed by atoms with E-state index in [1.165, 1.54) is 6.08 Å². The molecule has 3 saturated heterocycles. The van der Waals surface area contributed by atoms with Gasteiger partial charge < -0.3 is 15.1 Å². The number of nitrogens with zero attached hydrogens (tertiary/aromatic N) is 2. The Labute approximate surface area is 172 Å². The number of aryl methyl sites for hydroxylation is 1. The lowest BCUT2D eigenvalue weighted by atomic mass is 9.84. The number of allylic oxidation sites excluding steroid dienone is 1. The molecule has 0 radical (unpaired) electrons. The van der Waals surface area contributed by atoms with E-state index in [4.69, 9.17) is 11.6 Å². The lowest BCUT2D eigenvalue weighted by Gasteiger charge is -2.45. The molecule has 3 fully saturated rings. The van der Waals surface area contributed by atoms with Crippen molar-refractivity contribution in [2.75, 3.05) is 31.6 Å². The van der Waals surface area contributed by atoms with Gasteiger partial charge in [-0.25, -0.2) is 0 Å². The minimum atomic E-state index is -0.153. The van der Waals surface area contributed by atoms with Crippen molar-refractivity contribution in [2.45, 2.75) is 32.2 Å². The number of anilines is 1. The lowest BCUT2D eigenvalue weighted by molar-refractivity contribution is -0.119. The number of hydrogen-bond acceptors (Lipinski definition) is 4. The van der Waals surface area contributed by atoms with Crippen LogP contribution < -0.4 is 10.2 Å². The van der Waals surface area contributed by atoms with Gasteiger partial charge in [0, 0.05) is 36.5 Å².